The van der Waals surface area contributed by atoms with E-state index in [4.69, 9.17) is 4.52 Å². The number of hydrogen-bond donors (Lipinski definition) is 1. The lowest BCUT2D eigenvalue weighted by molar-refractivity contribution is 0.378. The highest BCUT2D eigenvalue weighted by Crippen LogP contribution is 2.22. The Labute approximate surface area is 154 Å². The lowest BCUT2D eigenvalue weighted by Crippen LogP contribution is -1.94. The molecular weight excluding hydrogens is 340 g/mol. The summed E-state index contributed by atoms with van der Waals surface area (Å²) in [4.78, 5) is 16.2. The molecule has 0 radical (unpaired) electrons. The van der Waals surface area contributed by atoms with Gasteiger partial charge in [0.1, 0.15) is 12.2 Å². The lowest BCUT2D eigenvalue weighted by atomic mass is 10.2. The standard InChI is InChI=1S/C20H16N6O/c1-2-4-17-16(3-1)23-13-26(17)15-7-5-14(6-8-15)20-24-19(27-25-20)10-9-18-21-11-12-22-18/h1-8,11-13H,9-10H2,(H,21,22). The zero-order valence-corrected chi connectivity index (χ0v) is 14.4. The Kier molecular flexibility index (Phi) is 3.75. The largest absolute Gasteiger partial charge is 0.349 e. The fourth-order valence-corrected chi connectivity index (χ4v) is 3.07. The van der Waals surface area contributed by atoms with Crippen LogP contribution in [0.2, 0.25) is 0 Å². The number of hydrogen-bond acceptors (Lipinski definition) is 5. The van der Waals surface area contributed by atoms with E-state index in [2.05, 4.69) is 35.7 Å². The zero-order valence-electron chi connectivity index (χ0n) is 14.4. The van der Waals surface area contributed by atoms with E-state index in [-0.39, 0.29) is 0 Å². The lowest BCUT2D eigenvalue weighted by Gasteiger charge is -2.04. The number of H-pyrrole nitrogens is 1. The molecule has 0 atom stereocenters. The number of aryl methyl sites for hydroxylation is 2. The van der Waals surface area contributed by atoms with E-state index in [1.807, 2.05) is 48.8 Å². The first-order chi connectivity index (χ1) is 13.4. The third kappa shape index (κ3) is 2.99. The van der Waals surface area contributed by atoms with Crippen molar-refractivity contribution in [1.82, 2.24) is 29.7 Å². The minimum Gasteiger partial charge on any atom is -0.349 e. The molecule has 0 fully saturated rings. The molecule has 3 heterocycles. The van der Waals surface area contributed by atoms with Gasteiger partial charge in [0.2, 0.25) is 11.7 Å². The van der Waals surface area contributed by atoms with Gasteiger partial charge in [-0.1, -0.05) is 17.3 Å². The van der Waals surface area contributed by atoms with Crippen molar-refractivity contribution < 1.29 is 4.52 Å². The number of nitrogens with one attached hydrogen (secondary N) is 1. The molecule has 0 saturated heterocycles. The molecule has 0 spiro atoms. The normalized spacial score (nSPS) is 11.3. The van der Waals surface area contributed by atoms with Crippen molar-refractivity contribution in [2.24, 2.45) is 0 Å². The summed E-state index contributed by atoms with van der Waals surface area (Å²) in [7, 11) is 0. The topological polar surface area (TPSA) is 85.4 Å². The first-order valence-corrected chi connectivity index (χ1v) is 8.70. The van der Waals surface area contributed by atoms with E-state index in [0.29, 0.717) is 18.1 Å². The highest BCUT2D eigenvalue weighted by Gasteiger charge is 2.10. The van der Waals surface area contributed by atoms with Gasteiger partial charge >= 0.3 is 0 Å². The summed E-state index contributed by atoms with van der Waals surface area (Å²) in [6.07, 6.45) is 6.76. The summed E-state index contributed by atoms with van der Waals surface area (Å²) in [6.45, 7) is 0. The van der Waals surface area contributed by atoms with E-state index < -0.39 is 0 Å². The summed E-state index contributed by atoms with van der Waals surface area (Å²) >= 11 is 0. The molecule has 0 aliphatic heterocycles. The number of rotatable bonds is 5. The van der Waals surface area contributed by atoms with Crippen molar-refractivity contribution in [3.8, 4) is 17.1 Å². The van der Waals surface area contributed by atoms with Gasteiger partial charge in [0.25, 0.3) is 0 Å². The van der Waals surface area contributed by atoms with Crippen LogP contribution in [0.4, 0.5) is 0 Å². The Bertz CT molecular complexity index is 1170. The molecule has 1 N–H and O–H groups in total. The molecule has 0 aliphatic rings. The Hall–Kier alpha value is -3.74. The van der Waals surface area contributed by atoms with Crippen LogP contribution >= 0.6 is 0 Å². The van der Waals surface area contributed by atoms with Crippen LogP contribution in [-0.2, 0) is 12.8 Å². The van der Waals surface area contributed by atoms with E-state index in [9.17, 15) is 0 Å². The summed E-state index contributed by atoms with van der Waals surface area (Å²) in [5, 5.41) is 4.09. The summed E-state index contributed by atoms with van der Waals surface area (Å²) in [6, 6.07) is 16.1. The summed E-state index contributed by atoms with van der Waals surface area (Å²) in [5.74, 6) is 2.10. The second-order valence-electron chi connectivity index (χ2n) is 6.20. The van der Waals surface area contributed by atoms with E-state index in [1.165, 1.54) is 0 Å². The van der Waals surface area contributed by atoms with Gasteiger partial charge in [0.15, 0.2) is 0 Å². The molecule has 5 aromatic rings. The molecule has 132 valence electrons. The van der Waals surface area contributed by atoms with Gasteiger partial charge < -0.3 is 9.51 Å². The summed E-state index contributed by atoms with van der Waals surface area (Å²) in [5.41, 5.74) is 4.00. The van der Waals surface area contributed by atoms with E-state index >= 15 is 0 Å². The maximum Gasteiger partial charge on any atom is 0.227 e. The zero-order chi connectivity index (χ0) is 18.1. The Balaban J connectivity index is 1.36. The fraction of sp³-hybridized carbons (Fsp3) is 0.100. The number of benzene rings is 2. The van der Waals surface area contributed by atoms with Gasteiger partial charge in [-0.05, 0) is 36.4 Å². The van der Waals surface area contributed by atoms with Gasteiger partial charge in [0.05, 0.1) is 11.0 Å². The predicted octanol–water partition coefficient (Wildman–Crippen LogP) is 3.58. The van der Waals surface area contributed by atoms with Crippen molar-refractivity contribution in [3.63, 3.8) is 0 Å². The third-order valence-electron chi connectivity index (χ3n) is 4.46. The Morgan fingerprint density at radius 2 is 1.85 bits per heavy atom. The van der Waals surface area contributed by atoms with Crippen LogP contribution in [-0.4, -0.2) is 29.7 Å². The molecule has 0 bridgehead atoms. The molecule has 0 amide bonds. The number of aromatic amines is 1. The average molecular weight is 356 g/mol. The first-order valence-electron chi connectivity index (χ1n) is 8.70. The van der Waals surface area contributed by atoms with Gasteiger partial charge in [-0.2, -0.15) is 4.98 Å². The van der Waals surface area contributed by atoms with Gasteiger partial charge in [-0.25, -0.2) is 9.97 Å². The van der Waals surface area contributed by atoms with Gasteiger partial charge in [0, 0.05) is 36.5 Å². The molecule has 0 aliphatic carbocycles. The van der Waals surface area contributed by atoms with Crippen LogP contribution in [0.15, 0.2) is 71.8 Å². The monoisotopic (exact) mass is 356 g/mol. The van der Waals surface area contributed by atoms with Crippen LogP contribution in [0.5, 0.6) is 0 Å². The van der Waals surface area contributed by atoms with Crippen molar-refractivity contribution in [1.29, 1.82) is 0 Å². The number of fused-ring (bicyclic) bond motifs is 1. The maximum absolute atomic E-state index is 5.36. The molecule has 7 heteroatoms. The van der Waals surface area contributed by atoms with Crippen molar-refractivity contribution in [3.05, 3.63) is 79.0 Å². The van der Waals surface area contributed by atoms with Crippen LogP contribution < -0.4 is 0 Å². The number of para-hydroxylation sites is 2. The second-order valence-corrected chi connectivity index (χ2v) is 6.20. The van der Waals surface area contributed by atoms with Crippen molar-refractivity contribution in [2.45, 2.75) is 12.8 Å². The minimum absolute atomic E-state index is 0.589. The SMILES string of the molecule is c1ccc2c(c1)ncn2-c1ccc(-c2noc(CCc3ncc[nH]3)n2)cc1. The van der Waals surface area contributed by atoms with Crippen LogP contribution in [0.3, 0.4) is 0 Å². The predicted molar refractivity (Wildman–Crippen MR) is 100 cm³/mol. The summed E-state index contributed by atoms with van der Waals surface area (Å²) < 4.78 is 7.42. The smallest absolute Gasteiger partial charge is 0.227 e. The fourth-order valence-electron chi connectivity index (χ4n) is 3.07. The minimum atomic E-state index is 0.589. The van der Waals surface area contributed by atoms with Crippen LogP contribution in [0.25, 0.3) is 28.1 Å². The Morgan fingerprint density at radius 3 is 2.70 bits per heavy atom. The molecular formula is C20H16N6O. The van der Waals surface area contributed by atoms with Gasteiger partial charge in [-0.15, -0.1) is 0 Å². The molecule has 7 nitrogen and oxygen atoms in total. The van der Waals surface area contributed by atoms with Gasteiger partial charge in [-0.3, -0.25) is 4.57 Å². The quantitative estimate of drug-likeness (QED) is 0.520. The maximum atomic E-state index is 5.36. The molecule has 3 aromatic heterocycles. The van der Waals surface area contributed by atoms with Crippen molar-refractivity contribution in [2.75, 3.05) is 0 Å². The van der Waals surface area contributed by atoms with Crippen LogP contribution in [0.1, 0.15) is 11.7 Å². The number of nitrogens with zero attached hydrogens (tertiary/aromatic N) is 5. The number of imidazole rings is 2. The molecule has 0 unspecified atom stereocenters. The van der Waals surface area contributed by atoms with E-state index in [0.717, 1.165) is 34.5 Å². The third-order valence-corrected chi connectivity index (χ3v) is 4.46. The molecule has 0 saturated carbocycles. The molecule has 2 aromatic carbocycles. The molecule has 5 rings (SSSR count). The second kappa shape index (κ2) is 6.53. The van der Waals surface area contributed by atoms with E-state index in [1.54, 1.807) is 12.4 Å². The first kappa shape index (κ1) is 15.5. The molecule has 27 heavy (non-hydrogen) atoms. The number of aromatic nitrogens is 6. The average Bonchev–Trinajstić information content (AvgIpc) is 3.47. The highest BCUT2D eigenvalue weighted by atomic mass is 16.5. The highest BCUT2D eigenvalue weighted by molar-refractivity contribution is 5.77. The van der Waals surface area contributed by atoms with Crippen LogP contribution in [0, 0.1) is 0 Å². The van der Waals surface area contributed by atoms with Crippen molar-refractivity contribution >= 4 is 11.0 Å². The Morgan fingerprint density at radius 1 is 0.963 bits per heavy atom.